The molecule has 0 aliphatic heterocycles. The second kappa shape index (κ2) is 55.7. The van der Waals surface area contributed by atoms with Crippen LogP contribution in [-0.2, 0) is 28.6 Å². The van der Waals surface area contributed by atoms with E-state index in [9.17, 15) is 14.4 Å². The second-order valence-corrected chi connectivity index (χ2v) is 18.1. The average Bonchev–Trinajstić information content (AvgIpc) is 3.34. The SMILES string of the molecule is CC/C=C\C/C=C\C/C=C\C/C=C\C/C=C\CCCCCCCCCCCC(=O)OCC(COC(=O)CCCCCCCCCC)OC(=O)CCCCCC/C=C\C/C=C\C/C=C\C/C=C\CC. The fraction of sp³-hybridized carbons (Fsp3) is 0.661. The minimum Gasteiger partial charge on any atom is -0.462 e. The quantitative estimate of drug-likeness (QED) is 0.0262. The molecular formula is C62H102O6. The molecule has 386 valence electrons. The molecule has 0 spiro atoms. The van der Waals surface area contributed by atoms with Crippen molar-refractivity contribution in [1.82, 2.24) is 0 Å². The molecule has 0 aromatic rings. The number of hydrogen-bond donors (Lipinski definition) is 0. The van der Waals surface area contributed by atoms with Gasteiger partial charge in [0.25, 0.3) is 0 Å². The minimum absolute atomic E-state index is 0.0902. The number of carbonyl (C=O) groups excluding carboxylic acids is 3. The molecule has 0 aromatic heterocycles. The van der Waals surface area contributed by atoms with Gasteiger partial charge in [-0.05, 0) is 103 Å². The van der Waals surface area contributed by atoms with Gasteiger partial charge in [-0.1, -0.05) is 233 Å². The summed E-state index contributed by atoms with van der Waals surface area (Å²) in [6.07, 6.45) is 75.2. The lowest BCUT2D eigenvalue weighted by Gasteiger charge is -2.18. The molecule has 0 saturated heterocycles. The second-order valence-electron chi connectivity index (χ2n) is 18.1. The van der Waals surface area contributed by atoms with Gasteiger partial charge in [-0.2, -0.15) is 0 Å². The van der Waals surface area contributed by atoms with Gasteiger partial charge < -0.3 is 14.2 Å². The van der Waals surface area contributed by atoms with Crippen LogP contribution in [0.15, 0.2) is 109 Å². The van der Waals surface area contributed by atoms with E-state index in [1.807, 2.05) is 0 Å². The molecule has 0 heterocycles. The van der Waals surface area contributed by atoms with E-state index in [4.69, 9.17) is 14.2 Å². The van der Waals surface area contributed by atoms with Gasteiger partial charge in [0.05, 0.1) is 0 Å². The number of hydrogen-bond acceptors (Lipinski definition) is 6. The number of esters is 3. The van der Waals surface area contributed by atoms with E-state index in [1.165, 1.54) is 70.6 Å². The van der Waals surface area contributed by atoms with Crippen LogP contribution in [0.2, 0.25) is 0 Å². The lowest BCUT2D eigenvalue weighted by atomic mass is 10.1. The molecule has 6 heteroatoms. The Labute approximate surface area is 419 Å². The molecule has 0 aliphatic rings. The van der Waals surface area contributed by atoms with Gasteiger partial charge in [-0.15, -0.1) is 0 Å². The van der Waals surface area contributed by atoms with Crippen molar-refractivity contribution in [3.05, 3.63) is 109 Å². The fourth-order valence-corrected chi connectivity index (χ4v) is 7.40. The van der Waals surface area contributed by atoms with Crippen LogP contribution in [0.25, 0.3) is 0 Å². The van der Waals surface area contributed by atoms with Gasteiger partial charge in [0.1, 0.15) is 13.2 Å². The van der Waals surface area contributed by atoms with Crippen molar-refractivity contribution in [2.45, 2.75) is 252 Å². The first-order valence-corrected chi connectivity index (χ1v) is 27.9. The van der Waals surface area contributed by atoms with E-state index in [-0.39, 0.29) is 31.1 Å². The van der Waals surface area contributed by atoms with Gasteiger partial charge >= 0.3 is 17.9 Å². The van der Waals surface area contributed by atoms with Crippen molar-refractivity contribution >= 4 is 17.9 Å². The Morgan fingerprint density at radius 3 is 0.897 bits per heavy atom. The first-order chi connectivity index (χ1) is 33.5. The molecule has 0 bridgehead atoms. The van der Waals surface area contributed by atoms with Gasteiger partial charge in [0.2, 0.25) is 0 Å². The maximum atomic E-state index is 12.8. The summed E-state index contributed by atoms with van der Waals surface area (Å²) in [5.41, 5.74) is 0. The third kappa shape index (κ3) is 53.0. The monoisotopic (exact) mass is 943 g/mol. The van der Waals surface area contributed by atoms with Crippen LogP contribution in [0, 0.1) is 0 Å². The summed E-state index contributed by atoms with van der Waals surface area (Å²) in [5, 5.41) is 0. The highest BCUT2D eigenvalue weighted by Crippen LogP contribution is 2.14. The average molecular weight is 943 g/mol. The lowest BCUT2D eigenvalue weighted by Crippen LogP contribution is -2.30. The smallest absolute Gasteiger partial charge is 0.306 e. The van der Waals surface area contributed by atoms with E-state index in [1.54, 1.807) is 0 Å². The van der Waals surface area contributed by atoms with Gasteiger partial charge in [0.15, 0.2) is 6.10 Å². The van der Waals surface area contributed by atoms with E-state index in [2.05, 4.69) is 130 Å². The molecule has 68 heavy (non-hydrogen) atoms. The van der Waals surface area contributed by atoms with Crippen LogP contribution in [0.1, 0.15) is 245 Å². The third-order valence-electron chi connectivity index (χ3n) is 11.5. The first-order valence-electron chi connectivity index (χ1n) is 27.9. The maximum absolute atomic E-state index is 12.8. The Balaban J connectivity index is 4.28. The molecule has 1 atom stereocenters. The summed E-state index contributed by atoms with van der Waals surface area (Å²) in [6.45, 7) is 6.35. The largest absolute Gasteiger partial charge is 0.462 e. The summed E-state index contributed by atoms with van der Waals surface area (Å²) in [4.78, 5) is 38.0. The van der Waals surface area contributed by atoms with Crippen LogP contribution in [0.4, 0.5) is 0 Å². The number of allylic oxidation sites excluding steroid dienone is 18. The molecule has 0 rings (SSSR count). The summed E-state index contributed by atoms with van der Waals surface area (Å²) in [7, 11) is 0. The van der Waals surface area contributed by atoms with Crippen molar-refractivity contribution in [3.8, 4) is 0 Å². The molecule has 0 radical (unpaired) electrons. The molecule has 0 saturated carbocycles. The molecule has 0 aliphatic carbocycles. The summed E-state index contributed by atoms with van der Waals surface area (Å²) in [6, 6.07) is 0. The number of rotatable bonds is 49. The normalized spacial score (nSPS) is 12.9. The topological polar surface area (TPSA) is 78.9 Å². The Morgan fingerprint density at radius 1 is 0.309 bits per heavy atom. The Morgan fingerprint density at radius 2 is 0.574 bits per heavy atom. The van der Waals surface area contributed by atoms with Crippen LogP contribution in [0.5, 0.6) is 0 Å². The Hall–Kier alpha value is -3.93. The number of ether oxygens (including phenoxy) is 3. The summed E-state index contributed by atoms with van der Waals surface area (Å²) in [5.74, 6) is -0.926. The summed E-state index contributed by atoms with van der Waals surface area (Å²) < 4.78 is 16.8. The molecular weight excluding hydrogens is 841 g/mol. The van der Waals surface area contributed by atoms with Gasteiger partial charge in [0, 0.05) is 19.3 Å². The maximum Gasteiger partial charge on any atom is 0.306 e. The zero-order valence-corrected chi connectivity index (χ0v) is 44.1. The highest BCUT2D eigenvalue weighted by Gasteiger charge is 2.19. The third-order valence-corrected chi connectivity index (χ3v) is 11.5. The predicted molar refractivity (Wildman–Crippen MR) is 293 cm³/mol. The van der Waals surface area contributed by atoms with E-state index in [0.717, 1.165) is 135 Å². The lowest BCUT2D eigenvalue weighted by molar-refractivity contribution is -0.167. The van der Waals surface area contributed by atoms with Crippen LogP contribution in [0.3, 0.4) is 0 Å². The van der Waals surface area contributed by atoms with Crippen molar-refractivity contribution in [2.24, 2.45) is 0 Å². The zero-order valence-electron chi connectivity index (χ0n) is 44.1. The van der Waals surface area contributed by atoms with Crippen molar-refractivity contribution in [3.63, 3.8) is 0 Å². The molecule has 6 nitrogen and oxygen atoms in total. The molecule has 0 aromatic carbocycles. The Kier molecular flexibility index (Phi) is 52.4. The van der Waals surface area contributed by atoms with Gasteiger partial charge in [-0.25, -0.2) is 0 Å². The fourth-order valence-electron chi connectivity index (χ4n) is 7.40. The van der Waals surface area contributed by atoms with E-state index >= 15 is 0 Å². The molecule has 0 fully saturated rings. The van der Waals surface area contributed by atoms with Crippen molar-refractivity contribution in [1.29, 1.82) is 0 Å². The Bertz CT molecular complexity index is 1410. The zero-order chi connectivity index (χ0) is 49.3. The highest BCUT2D eigenvalue weighted by molar-refractivity contribution is 5.71. The standard InChI is InChI=1S/C62H102O6/c1-4-7-10-13-16-19-21-23-25-27-28-29-30-31-32-33-34-36-37-39-41-43-46-49-52-55-61(64)67-58-59(57-66-60(63)54-51-48-45-18-15-12-9-6-3)68-62(65)56-53-50-47-44-42-40-38-35-26-24-22-20-17-14-11-8-5-2/h7-8,10-11,16-17,19-20,23-26,28-29,31-32,38,40,59H,4-6,9,12-15,18,21-22,27,30,33-37,39,41-58H2,1-3H3/b10-7-,11-8-,19-16-,20-17-,25-23-,26-24-,29-28-,32-31-,40-38-. The highest BCUT2D eigenvalue weighted by atomic mass is 16.6. The minimum atomic E-state index is -0.792. The van der Waals surface area contributed by atoms with Crippen LogP contribution in [-0.4, -0.2) is 37.2 Å². The van der Waals surface area contributed by atoms with Crippen molar-refractivity contribution < 1.29 is 28.6 Å². The molecule has 0 amide bonds. The first kappa shape index (κ1) is 64.1. The van der Waals surface area contributed by atoms with E-state index in [0.29, 0.717) is 19.3 Å². The molecule has 0 N–H and O–H groups in total. The van der Waals surface area contributed by atoms with Crippen molar-refractivity contribution in [2.75, 3.05) is 13.2 Å². The van der Waals surface area contributed by atoms with Crippen LogP contribution < -0.4 is 0 Å². The summed E-state index contributed by atoms with van der Waals surface area (Å²) >= 11 is 0. The molecule has 1 unspecified atom stereocenters. The van der Waals surface area contributed by atoms with Crippen LogP contribution >= 0.6 is 0 Å². The van der Waals surface area contributed by atoms with Gasteiger partial charge in [-0.3, -0.25) is 14.4 Å². The number of unbranched alkanes of at least 4 members (excludes halogenated alkanes) is 20. The van der Waals surface area contributed by atoms with E-state index < -0.39 is 6.10 Å². The predicted octanol–water partition coefficient (Wildman–Crippen LogP) is 18.7. The number of carbonyl (C=O) groups is 3.